The summed E-state index contributed by atoms with van der Waals surface area (Å²) in [6, 6.07) is 11.5. The lowest BCUT2D eigenvalue weighted by Crippen LogP contribution is -2.03. The van der Waals surface area contributed by atoms with Crippen LogP contribution in [0.25, 0.3) is 0 Å². The number of nitrogen functional groups attached to an aromatic ring is 1. The van der Waals surface area contributed by atoms with Crippen LogP contribution in [-0.4, -0.2) is 11.6 Å². The van der Waals surface area contributed by atoms with Crippen molar-refractivity contribution in [3.63, 3.8) is 0 Å². The second-order valence-electron chi connectivity index (χ2n) is 4.04. The molecule has 3 N–H and O–H groups in total. The number of nitrogens with zero attached hydrogens (tertiary/aromatic N) is 1. The lowest BCUT2D eigenvalue weighted by atomic mass is 10.3. The van der Waals surface area contributed by atoms with Crippen molar-refractivity contribution in [3.05, 3.63) is 40.9 Å². The SMILES string of the molecule is CCCOc1nc(Nc2ccccc2Br)ccc1N. The highest BCUT2D eigenvalue weighted by Crippen LogP contribution is 2.27. The molecule has 0 bridgehead atoms. The Hall–Kier alpha value is -1.75. The van der Waals surface area contributed by atoms with Crippen molar-refractivity contribution >= 4 is 33.1 Å². The van der Waals surface area contributed by atoms with Crippen LogP contribution in [0.3, 0.4) is 0 Å². The molecule has 5 heteroatoms. The van der Waals surface area contributed by atoms with Gasteiger partial charge in [-0.2, -0.15) is 4.98 Å². The van der Waals surface area contributed by atoms with Gasteiger partial charge in [0.25, 0.3) is 0 Å². The molecule has 0 saturated carbocycles. The van der Waals surface area contributed by atoms with Crippen LogP contribution in [-0.2, 0) is 0 Å². The molecule has 1 aromatic carbocycles. The Bertz CT molecular complexity index is 560. The van der Waals surface area contributed by atoms with E-state index in [1.54, 1.807) is 6.07 Å². The Morgan fingerprint density at radius 3 is 2.79 bits per heavy atom. The molecule has 100 valence electrons. The monoisotopic (exact) mass is 321 g/mol. The van der Waals surface area contributed by atoms with E-state index in [2.05, 4.69) is 26.2 Å². The average molecular weight is 322 g/mol. The Kier molecular flexibility index (Phi) is 4.63. The second kappa shape index (κ2) is 6.43. The molecule has 0 unspecified atom stereocenters. The molecule has 0 saturated heterocycles. The average Bonchev–Trinajstić information content (AvgIpc) is 2.42. The van der Waals surface area contributed by atoms with E-state index in [0.29, 0.717) is 24.0 Å². The number of hydrogen-bond donors (Lipinski definition) is 2. The minimum atomic E-state index is 0.471. The van der Waals surface area contributed by atoms with Gasteiger partial charge < -0.3 is 15.8 Å². The van der Waals surface area contributed by atoms with E-state index in [9.17, 15) is 0 Å². The number of rotatable bonds is 5. The molecule has 0 spiro atoms. The van der Waals surface area contributed by atoms with E-state index in [0.717, 1.165) is 16.6 Å². The van der Waals surface area contributed by atoms with Crippen LogP contribution in [0.2, 0.25) is 0 Å². The second-order valence-corrected chi connectivity index (χ2v) is 4.90. The molecule has 19 heavy (non-hydrogen) atoms. The molecule has 2 aromatic rings. The van der Waals surface area contributed by atoms with Crippen molar-refractivity contribution in [3.8, 4) is 5.88 Å². The Morgan fingerprint density at radius 1 is 1.26 bits per heavy atom. The summed E-state index contributed by atoms with van der Waals surface area (Å²) in [5.74, 6) is 1.17. The quantitative estimate of drug-likeness (QED) is 0.875. The summed E-state index contributed by atoms with van der Waals surface area (Å²) in [6.45, 7) is 2.65. The summed E-state index contributed by atoms with van der Waals surface area (Å²) in [7, 11) is 0. The van der Waals surface area contributed by atoms with Crippen molar-refractivity contribution in [2.75, 3.05) is 17.7 Å². The maximum atomic E-state index is 5.83. The predicted octanol–water partition coefficient (Wildman–Crippen LogP) is 3.96. The van der Waals surface area contributed by atoms with Gasteiger partial charge in [0.05, 0.1) is 18.0 Å². The molecule has 0 radical (unpaired) electrons. The van der Waals surface area contributed by atoms with E-state index < -0.39 is 0 Å². The fourth-order valence-corrected chi connectivity index (χ4v) is 1.92. The molecule has 0 fully saturated rings. The molecule has 1 heterocycles. The minimum absolute atomic E-state index is 0.471. The van der Waals surface area contributed by atoms with Crippen molar-refractivity contribution in [2.45, 2.75) is 13.3 Å². The number of benzene rings is 1. The maximum absolute atomic E-state index is 5.83. The van der Waals surface area contributed by atoms with Crippen molar-refractivity contribution in [1.82, 2.24) is 4.98 Å². The molecular formula is C14H16BrN3O. The van der Waals surface area contributed by atoms with Gasteiger partial charge in [-0.15, -0.1) is 0 Å². The van der Waals surface area contributed by atoms with E-state index in [1.165, 1.54) is 0 Å². The number of ether oxygens (including phenoxy) is 1. The van der Waals surface area contributed by atoms with Gasteiger partial charge in [-0.1, -0.05) is 19.1 Å². The van der Waals surface area contributed by atoms with Gasteiger partial charge in [0.2, 0.25) is 5.88 Å². The van der Waals surface area contributed by atoms with Crippen molar-refractivity contribution in [1.29, 1.82) is 0 Å². The first-order valence-corrected chi connectivity index (χ1v) is 6.91. The lowest BCUT2D eigenvalue weighted by molar-refractivity contribution is 0.307. The first-order chi connectivity index (χ1) is 9.20. The molecule has 0 aliphatic carbocycles. The number of pyridine rings is 1. The zero-order valence-electron chi connectivity index (χ0n) is 10.7. The molecule has 0 aliphatic heterocycles. The number of aromatic nitrogens is 1. The number of nitrogens with one attached hydrogen (secondary N) is 1. The molecule has 0 aliphatic rings. The summed E-state index contributed by atoms with van der Waals surface area (Å²) in [6.07, 6.45) is 0.920. The Balaban J connectivity index is 2.19. The number of halogens is 1. The van der Waals surface area contributed by atoms with E-state index in [1.807, 2.05) is 37.3 Å². The number of nitrogens with two attached hydrogens (primary N) is 1. The third kappa shape index (κ3) is 3.61. The lowest BCUT2D eigenvalue weighted by Gasteiger charge is -2.11. The maximum Gasteiger partial charge on any atom is 0.239 e. The highest BCUT2D eigenvalue weighted by Gasteiger charge is 2.05. The third-order valence-electron chi connectivity index (χ3n) is 2.47. The van der Waals surface area contributed by atoms with Gasteiger partial charge in [0.15, 0.2) is 0 Å². The summed E-state index contributed by atoms with van der Waals surface area (Å²) < 4.78 is 6.48. The highest BCUT2D eigenvalue weighted by atomic mass is 79.9. The molecule has 2 rings (SSSR count). The summed E-state index contributed by atoms with van der Waals surface area (Å²) in [5.41, 5.74) is 7.32. The molecule has 0 atom stereocenters. The van der Waals surface area contributed by atoms with Gasteiger partial charge in [-0.25, -0.2) is 0 Å². The number of para-hydroxylation sites is 1. The van der Waals surface area contributed by atoms with Crippen LogP contribution in [0.5, 0.6) is 5.88 Å². The van der Waals surface area contributed by atoms with E-state index in [-0.39, 0.29) is 0 Å². The van der Waals surface area contributed by atoms with Gasteiger partial charge in [-0.05, 0) is 46.6 Å². The van der Waals surface area contributed by atoms with Crippen LogP contribution in [0.15, 0.2) is 40.9 Å². The molecular weight excluding hydrogens is 306 g/mol. The van der Waals surface area contributed by atoms with Crippen LogP contribution in [0.4, 0.5) is 17.2 Å². The predicted molar refractivity (Wildman–Crippen MR) is 81.9 cm³/mol. The van der Waals surface area contributed by atoms with Gasteiger partial charge in [-0.3, -0.25) is 0 Å². The first-order valence-electron chi connectivity index (χ1n) is 6.11. The van der Waals surface area contributed by atoms with Crippen LogP contribution in [0.1, 0.15) is 13.3 Å². The summed E-state index contributed by atoms with van der Waals surface area (Å²) in [5, 5.41) is 3.22. The topological polar surface area (TPSA) is 60.2 Å². The van der Waals surface area contributed by atoms with Crippen LogP contribution >= 0.6 is 15.9 Å². The summed E-state index contributed by atoms with van der Waals surface area (Å²) in [4.78, 5) is 4.37. The summed E-state index contributed by atoms with van der Waals surface area (Å²) >= 11 is 3.48. The fraction of sp³-hybridized carbons (Fsp3) is 0.214. The fourth-order valence-electron chi connectivity index (χ4n) is 1.54. The third-order valence-corrected chi connectivity index (χ3v) is 3.16. The van der Waals surface area contributed by atoms with Crippen LogP contribution in [0, 0.1) is 0 Å². The van der Waals surface area contributed by atoms with Crippen molar-refractivity contribution < 1.29 is 4.74 Å². The molecule has 1 aromatic heterocycles. The molecule has 0 amide bonds. The smallest absolute Gasteiger partial charge is 0.239 e. The zero-order valence-corrected chi connectivity index (χ0v) is 12.3. The minimum Gasteiger partial charge on any atom is -0.476 e. The molecule has 4 nitrogen and oxygen atoms in total. The normalized spacial score (nSPS) is 10.2. The van der Waals surface area contributed by atoms with Gasteiger partial charge >= 0.3 is 0 Å². The largest absolute Gasteiger partial charge is 0.476 e. The van der Waals surface area contributed by atoms with Crippen molar-refractivity contribution in [2.24, 2.45) is 0 Å². The van der Waals surface area contributed by atoms with E-state index in [4.69, 9.17) is 10.5 Å². The Morgan fingerprint density at radius 2 is 2.05 bits per heavy atom. The van der Waals surface area contributed by atoms with Gasteiger partial charge in [0.1, 0.15) is 5.82 Å². The standard InChI is InChI=1S/C14H16BrN3O/c1-2-9-19-14-11(16)7-8-13(18-14)17-12-6-4-3-5-10(12)15/h3-8H,2,9,16H2,1H3,(H,17,18). The number of anilines is 3. The van der Waals surface area contributed by atoms with E-state index >= 15 is 0 Å². The highest BCUT2D eigenvalue weighted by molar-refractivity contribution is 9.10. The zero-order chi connectivity index (χ0) is 13.7. The van der Waals surface area contributed by atoms with Crippen LogP contribution < -0.4 is 15.8 Å². The Labute approximate surface area is 121 Å². The van der Waals surface area contributed by atoms with Gasteiger partial charge in [0, 0.05) is 4.47 Å². The number of hydrogen-bond acceptors (Lipinski definition) is 4. The first kappa shape index (κ1) is 13.7.